The van der Waals surface area contributed by atoms with Gasteiger partial charge >= 0.3 is 6.03 Å². The lowest BCUT2D eigenvalue weighted by Gasteiger charge is -2.40. The smallest absolute Gasteiger partial charge is 0.324 e. The zero-order valence-electron chi connectivity index (χ0n) is 14.9. The van der Waals surface area contributed by atoms with Crippen LogP contribution >= 0.6 is 0 Å². The van der Waals surface area contributed by atoms with Gasteiger partial charge in [-0.2, -0.15) is 4.98 Å². The Bertz CT molecular complexity index is 627. The number of nitrogens with zero attached hydrogens (tertiary/aromatic N) is 5. The van der Waals surface area contributed by atoms with Crippen molar-refractivity contribution in [2.45, 2.75) is 38.1 Å². The number of nitrogens with one attached hydrogen (secondary N) is 1. The molecule has 0 aliphatic carbocycles. The second-order valence-electron chi connectivity index (χ2n) is 6.83. The van der Waals surface area contributed by atoms with Gasteiger partial charge in [0.05, 0.1) is 0 Å². The van der Waals surface area contributed by atoms with Crippen molar-refractivity contribution in [3.8, 4) is 0 Å². The van der Waals surface area contributed by atoms with Crippen molar-refractivity contribution in [2.75, 3.05) is 43.9 Å². The topological polar surface area (TPSA) is 81.7 Å². The number of carbonyl (C=O) groups is 2. The normalized spacial score (nSPS) is 19.0. The molecule has 3 heterocycles. The van der Waals surface area contributed by atoms with Gasteiger partial charge in [-0.15, -0.1) is 0 Å². The second-order valence-corrected chi connectivity index (χ2v) is 6.83. The Morgan fingerprint density at radius 2 is 2.00 bits per heavy atom. The molecule has 2 aliphatic rings. The first kappa shape index (κ1) is 17.4. The molecular weight excluding hydrogens is 320 g/mol. The molecule has 8 heteroatoms. The Labute approximate surface area is 148 Å². The Balaban J connectivity index is 1.53. The van der Waals surface area contributed by atoms with Crippen LogP contribution in [0, 0.1) is 0 Å². The van der Waals surface area contributed by atoms with E-state index in [1.54, 1.807) is 17.2 Å². The Hall–Kier alpha value is -2.38. The quantitative estimate of drug-likeness (QED) is 0.898. The standard InChI is InChI=1S/C17H26N6O2/c1-21(2)14-6-9-18-16(19-14)20-17(25)22-11-7-13(8-12-22)23-10-4-3-5-15(23)24/h6,9,13H,3-5,7-8,10-12H2,1-2H3,(H,18,19,20,25). The molecule has 136 valence electrons. The van der Waals surface area contributed by atoms with Crippen LogP contribution in [0.1, 0.15) is 32.1 Å². The van der Waals surface area contributed by atoms with Crippen LogP contribution in [0.5, 0.6) is 0 Å². The van der Waals surface area contributed by atoms with Crippen LogP contribution in [0.2, 0.25) is 0 Å². The Kier molecular flexibility index (Phi) is 5.35. The summed E-state index contributed by atoms with van der Waals surface area (Å²) in [5.74, 6) is 1.32. The molecule has 0 unspecified atom stereocenters. The van der Waals surface area contributed by atoms with Crippen LogP contribution in [-0.2, 0) is 4.79 Å². The third kappa shape index (κ3) is 4.18. The summed E-state index contributed by atoms with van der Waals surface area (Å²) in [6.07, 6.45) is 6.05. The van der Waals surface area contributed by atoms with Crippen molar-refractivity contribution in [3.05, 3.63) is 12.3 Å². The lowest BCUT2D eigenvalue weighted by molar-refractivity contribution is -0.136. The van der Waals surface area contributed by atoms with Crippen molar-refractivity contribution >= 4 is 23.7 Å². The van der Waals surface area contributed by atoms with Gasteiger partial charge in [-0.3, -0.25) is 10.1 Å². The maximum Gasteiger partial charge on any atom is 0.324 e. The average molecular weight is 346 g/mol. The van der Waals surface area contributed by atoms with E-state index in [4.69, 9.17) is 0 Å². The minimum atomic E-state index is -0.181. The number of anilines is 2. The highest BCUT2D eigenvalue weighted by Crippen LogP contribution is 2.22. The summed E-state index contributed by atoms with van der Waals surface area (Å²) >= 11 is 0. The molecule has 3 amide bonds. The summed E-state index contributed by atoms with van der Waals surface area (Å²) in [6.45, 7) is 2.15. The van der Waals surface area contributed by atoms with Crippen LogP contribution in [0.4, 0.5) is 16.6 Å². The fourth-order valence-electron chi connectivity index (χ4n) is 3.43. The summed E-state index contributed by atoms with van der Waals surface area (Å²) in [6, 6.07) is 1.88. The lowest BCUT2D eigenvalue weighted by Crippen LogP contribution is -2.50. The number of piperidine rings is 2. The van der Waals surface area contributed by atoms with Crippen LogP contribution in [0.25, 0.3) is 0 Å². The Morgan fingerprint density at radius 1 is 1.24 bits per heavy atom. The van der Waals surface area contributed by atoms with E-state index in [-0.39, 0.29) is 18.0 Å². The maximum absolute atomic E-state index is 12.4. The number of urea groups is 1. The summed E-state index contributed by atoms with van der Waals surface area (Å²) < 4.78 is 0. The largest absolute Gasteiger partial charge is 0.363 e. The fraction of sp³-hybridized carbons (Fsp3) is 0.647. The first-order valence-electron chi connectivity index (χ1n) is 8.90. The van der Waals surface area contributed by atoms with Gasteiger partial charge in [0.25, 0.3) is 0 Å². The summed E-state index contributed by atoms with van der Waals surface area (Å²) in [7, 11) is 3.78. The van der Waals surface area contributed by atoms with Gasteiger partial charge in [0.1, 0.15) is 5.82 Å². The average Bonchev–Trinajstić information content (AvgIpc) is 2.62. The highest BCUT2D eigenvalue weighted by molar-refractivity contribution is 5.87. The number of hydrogen-bond acceptors (Lipinski definition) is 5. The number of likely N-dealkylation sites (tertiary alicyclic amines) is 2. The molecule has 1 aromatic heterocycles. The molecule has 2 saturated heterocycles. The van der Waals surface area contributed by atoms with E-state index in [0.29, 0.717) is 25.5 Å². The van der Waals surface area contributed by atoms with E-state index in [1.165, 1.54) is 0 Å². The number of rotatable bonds is 3. The van der Waals surface area contributed by atoms with E-state index >= 15 is 0 Å². The first-order chi connectivity index (χ1) is 12.0. The van der Waals surface area contributed by atoms with E-state index in [2.05, 4.69) is 15.3 Å². The third-order valence-electron chi connectivity index (χ3n) is 4.87. The molecule has 0 radical (unpaired) electrons. The molecule has 8 nitrogen and oxygen atoms in total. The molecule has 2 aliphatic heterocycles. The van der Waals surface area contributed by atoms with Crippen molar-refractivity contribution in [1.29, 1.82) is 0 Å². The molecular formula is C17H26N6O2. The molecule has 1 N–H and O–H groups in total. The van der Waals surface area contributed by atoms with Crippen molar-refractivity contribution in [2.24, 2.45) is 0 Å². The van der Waals surface area contributed by atoms with E-state index in [0.717, 1.165) is 38.0 Å². The molecule has 1 aromatic rings. The third-order valence-corrected chi connectivity index (χ3v) is 4.87. The SMILES string of the molecule is CN(C)c1ccnc(NC(=O)N2CCC(N3CCCCC3=O)CC2)n1. The van der Waals surface area contributed by atoms with Gasteiger partial charge in [-0.1, -0.05) is 0 Å². The molecule has 3 rings (SSSR count). The monoisotopic (exact) mass is 346 g/mol. The van der Waals surface area contributed by atoms with Crippen molar-refractivity contribution in [3.63, 3.8) is 0 Å². The highest BCUT2D eigenvalue weighted by Gasteiger charge is 2.30. The maximum atomic E-state index is 12.4. The molecule has 0 bridgehead atoms. The van der Waals surface area contributed by atoms with Crippen LogP contribution in [0.15, 0.2) is 12.3 Å². The van der Waals surface area contributed by atoms with Crippen LogP contribution in [0.3, 0.4) is 0 Å². The van der Waals surface area contributed by atoms with Crippen LogP contribution in [-0.4, -0.2) is 71.5 Å². The van der Waals surface area contributed by atoms with Gasteiger partial charge in [0.15, 0.2) is 0 Å². The number of carbonyl (C=O) groups excluding carboxylic acids is 2. The van der Waals surface area contributed by atoms with E-state index in [9.17, 15) is 9.59 Å². The van der Waals surface area contributed by atoms with Gasteiger partial charge in [0.2, 0.25) is 11.9 Å². The number of aromatic nitrogens is 2. The first-order valence-corrected chi connectivity index (χ1v) is 8.90. The summed E-state index contributed by atoms with van der Waals surface area (Å²) in [5.41, 5.74) is 0. The molecule has 0 saturated carbocycles. The zero-order chi connectivity index (χ0) is 17.8. The molecule has 25 heavy (non-hydrogen) atoms. The van der Waals surface area contributed by atoms with Gasteiger partial charge in [-0.05, 0) is 31.7 Å². The van der Waals surface area contributed by atoms with Gasteiger partial charge in [-0.25, -0.2) is 9.78 Å². The summed E-state index contributed by atoms with van der Waals surface area (Å²) in [4.78, 5) is 38.6. The van der Waals surface area contributed by atoms with Gasteiger partial charge < -0.3 is 14.7 Å². The zero-order valence-corrected chi connectivity index (χ0v) is 14.9. The van der Waals surface area contributed by atoms with E-state index < -0.39 is 0 Å². The van der Waals surface area contributed by atoms with E-state index in [1.807, 2.05) is 23.9 Å². The minimum Gasteiger partial charge on any atom is -0.363 e. The highest BCUT2D eigenvalue weighted by atomic mass is 16.2. The molecule has 2 fully saturated rings. The van der Waals surface area contributed by atoms with Crippen molar-refractivity contribution < 1.29 is 9.59 Å². The second kappa shape index (κ2) is 7.67. The number of hydrogen-bond donors (Lipinski definition) is 1. The lowest BCUT2D eigenvalue weighted by atomic mass is 10.00. The Morgan fingerprint density at radius 3 is 2.68 bits per heavy atom. The minimum absolute atomic E-state index is 0.181. The number of amides is 3. The molecule has 0 aromatic carbocycles. The van der Waals surface area contributed by atoms with Crippen LogP contribution < -0.4 is 10.2 Å². The predicted octanol–water partition coefficient (Wildman–Crippen LogP) is 1.55. The predicted molar refractivity (Wildman–Crippen MR) is 95.5 cm³/mol. The molecule has 0 spiro atoms. The summed E-state index contributed by atoms with van der Waals surface area (Å²) in [5, 5.41) is 2.77. The fourth-order valence-corrected chi connectivity index (χ4v) is 3.43. The van der Waals surface area contributed by atoms with Crippen molar-refractivity contribution in [1.82, 2.24) is 19.8 Å². The van der Waals surface area contributed by atoms with Gasteiger partial charge in [0, 0.05) is 52.4 Å². The molecule has 0 atom stereocenters.